The highest BCUT2D eigenvalue weighted by Gasteiger charge is 2.51. The molecule has 0 aliphatic heterocycles. The topological polar surface area (TPSA) is 46.9 Å². The first kappa shape index (κ1) is 16.3. The van der Waals surface area contributed by atoms with Gasteiger partial charge in [-0.2, -0.15) is 0 Å². The molecule has 3 aromatic rings. The van der Waals surface area contributed by atoms with Crippen molar-refractivity contribution >= 4 is 16.9 Å². The Balaban J connectivity index is 1.28. The summed E-state index contributed by atoms with van der Waals surface area (Å²) in [4.78, 5) is 17.7. The zero-order valence-corrected chi connectivity index (χ0v) is 16.0. The Bertz CT molecular complexity index is 1020. The predicted octanol–water partition coefficient (Wildman–Crippen LogP) is 4.72. The van der Waals surface area contributed by atoms with Crippen molar-refractivity contribution in [1.82, 2.24) is 14.9 Å². The molecule has 7 rings (SSSR count). The van der Waals surface area contributed by atoms with E-state index < -0.39 is 0 Å². The standard InChI is InChI=1S/C24H25N3O/c28-23(26-24-12-16-8-17(13-24)10-18(9-16)14-24)19-6-7-22-21(11-19)25-15-27(22)20-4-2-1-3-5-20/h1-7,11,15-18H,8-10,12-14H2,(H,26,28). The van der Waals surface area contributed by atoms with Gasteiger partial charge in [0.25, 0.3) is 5.91 Å². The summed E-state index contributed by atoms with van der Waals surface area (Å²) in [5.74, 6) is 2.56. The molecule has 0 spiro atoms. The van der Waals surface area contributed by atoms with E-state index in [1.165, 1.54) is 38.5 Å². The number of hydrogen-bond acceptors (Lipinski definition) is 2. The monoisotopic (exact) mass is 371 g/mol. The second kappa shape index (κ2) is 5.94. The van der Waals surface area contributed by atoms with Crippen LogP contribution in [0.5, 0.6) is 0 Å². The molecule has 4 aliphatic carbocycles. The van der Waals surface area contributed by atoms with Crippen LogP contribution in [0.1, 0.15) is 48.9 Å². The smallest absolute Gasteiger partial charge is 0.251 e. The average molecular weight is 371 g/mol. The lowest BCUT2D eigenvalue weighted by atomic mass is 9.53. The van der Waals surface area contributed by atoms with Crippen LogP contribution in [0.3, 0.4) is 0 Å². The van der Waals surface area contributed by atoms with Crippen molar-refractivity contribution < 1.29 is 4.79 Å². The van der Waals surface area contributed by atoms with Crippen molar-refractivity contribution in [2.75, 3.05) is 0 Å². The maximum absolute atomic E-state index is 13.1. The van der Waals surface area contributed by atoms with Gasteiger partial charge in [-0.3, -0.25) is 9.36 Å². The van der Waals surface area contributed by atoms with E-state index in [-0.39, 0.29) is 11.4 Å². The van der Waals surface area contributed by atoms with Gasteiger partial charge in [-0.1, -0.05) is 18.2 Å². The molecule has 4 heteroatoms. The van der Waals surface area contributed by atoms with E-state index in [9.17, 15) is 4.79 Å². The Morgan fingerprint density at radius 2 is 1.64 bits per heavy atom. The summed E-state index contributed by atoms with van der Waals surface area (Å²) in [6.45, 7) is 0. The van der Waals surface area contributed by atoms with E-state index in [0.717, 1.165) is 40.0 Å². The highest BCUT2D eigenvalue weighted by atomic mass is 16.1. The summed E-state index contributed by atoms with van der Waals surface area (Å²) in [6.07, 6.45) is 9.52. The zero-order valence-electron chi connectivity index (χ0n) is 16.0. The zero-order chi connectivity index (χ0) is 18.7. The number of amides is 1. The molecule has 28 heavy (non-hydrogen) atoms. The maximum atomic E-state index is 13.1. The minimum atomic E-state index is 0.0458. The molecule has 142 valence electrons. The van der Waals surface area contributed by atoms with Crippen LogP contribution in [0.15, 0.2) is 54.9 Å². The number of carbonyl (C=O) groups excluding carboxylic acids is 1. The quantitative estimate of drug-likeness (QED) is 0.724. The summed E-state index contributed by atoms with van der Waals surface area (Å²) < 4.78 is 2.07. The number of nitrogens with zero attached hydrogens (tertiary/aromatic N) is 2. The molecular weight excluding hydrogens is 346 g/mol. The van der Waals surface area contributed by atoms with Crippen LogP contribution in [0.4, 0.5) is 0 Å². The molecule has 4 bridgehead atoms. The van der Waals surface area contributed by atoms with Gasteiger partial charge in [-0.25, -0.2) is 4.98 Å². The molecule has 2 aromatic carbocycles. The van der Waals surface area contributed by atoms with E-state index in [1.54, 1.807) is 0 Å². The largest absolute Gasteiger partial charge is 0.347 e. The molecular formula is C24H25N3O. The van der Waals surface area contributed by atoms with E-state index in [0.29, 0.717) is 0 Å². The third-order valence-electron chi connectivity index (χ3n) is 7.26. The molecule has 1 N–H and O–H groups in total. The minimum absolute atomic E-state index is 0.0458. The third kappa shape index (κ3) is 2.58. The first-order chi connectivity index (χ1) is 13.7. The van der Waals surface area contributed by atoms with Crippen molar-refractivity contribution in [2.24, 2.45) is 17.8 Å². The number of carbonyl (C=O) groups is 1. The van der Waals surface area contributed by atoms with Gasteiger partial charge >= 0.3 is 0 Å². The minimum Gasteiger partial charge on any atom is -0.347 e. The highest BCUT2D eigenvalue weighted by Crippen LogP contribution is 2.55. The third-order valence-corrected chi connectivity index (χ3v) is 7.26. The number of nitrogens with one attached hydrogen (secondary N) is 1. The average Bonchev–Trinajstić information content (AvgIpc) is 3.10. The van der Waals surface area contributed by atoms with Crippen LogP contribution >= 0.6 is 0 Å². The van der Waals surface area contributed by atoms with Gasteiger partial charge in [-0.15, -0.1) is 0 Å². The van der Waals surface area contributed by atoms with Gasteiger partial charge in [0.15, 0.2) is 0 Å². The molecule has 1 aromatic heterocycles. The van der Waals surface area contributed by atoms with Crippen molar-refractivity contribution in [2.45, 2.75) is 44.1 Å². The first-order valence-electron chi connectivity index (χ1n) is 10.5. The SMILES string of the molecule is O=C(NC12CC3CC(CC(C3)C1)C2)c1ccc2c(c1)ncn2-c1ccccc1. The van der Waals surface area contributed by atoms with Crippen LogP contribution in [0, 0.1) is 17.8 Å². The number of benzene rings is 2. The molecule has 0 saturated heterocycles. The molecule has 1 heterocycles. The van der Waals surface area contributed by atoms with Gasteiger partial charge in [-0.05, 0) is 86.6 Å². The van der Waals surface area contributed by atoms with Crippen LogP contribution in [-0.2, 0) is 0 Å². The maximum Gasteiger partial charge on any atom is 0.251 e. The van der Waals surface area contributed by atoms with Gasteiger partial charge < -0.3 is 5.32 Å². The fraction of sp³-hybridized carbons (Fsp3) is 0.417. The Morgan fingerprint density at radius 3 is 2.32 bits per heavy atom. The summed E-state index contributed by atoms with van der Waals surface area (Å²) in [7, 11) is 0. The van der Waals surface area contributed by atoms with Gasteiger partial charge in [0.2, 0.25) is 0 Å². The second-order valence-electron chi connectivity index (χ2n) is 9.31. The van der Waals surface area contributed by atoms with E-state index in [1.807, 2.05) is 42.7 Å². The van der Waals surface area contributed by atoms with Crippen LogP contribution in [0.25, 0.3) is 16.7 Å². The molecule has 4 saturated carbocycles. The van der Waals surface area contributed by atoms with Crippen molar-refractivity contribution in [1.29, 1.82) is 0 Å². The number of fused-ring (bicyclic) bond motifs is 1. The predicted molar refractivity (Wildman–Crippen MR) is 109 cm³/mol. The number of imidazole rings is 1. The van der Waals surface area contributed by atoms with Crippen molar-refractivity contribution in [3.05, 3.63) is 60.4 Å². The van der Waals surface area contributed by atoms with Crippen LogP contribution in [-0.4, -0.2) is 21.0 Å². The number of rotatable bonds is 3. The van der Waals surface area contributed by atoms with Gasteiger partial charge in [0.05, 0.1) is 11.0 Å². The fourth-order valence-corrected chi connectivity index (χ4v) is 6.53. The Morgan fingerprint density at radius 1 is 0.964 bits per heavy atom. The number of hydrogen-bond donors (Lipinski definition) is 1. The molecule has 1 amide bonds. The molecule has 0 atom stereocenters. The summed E-state index contributed by atoms with van der Waals surface area (Å²) >= 11 is 0. The van der Waals surface area contributed by atoms with Crippen molar-refractivity contribution in [3.63, 3.8) is 0 Å². The highest BCUT2D eigenvalue weighted by molar-refractivity contribution is 5.98. The van der Waals surface area contributed by atoms with E-state index >= 15 is 0 Å². The summed E-state index contributed by atoms with van der Waals surface area (Å²) in [5, 5.41) is 3.47. The molecule has 0 unspecified atom stereocenters. The van der Waals surface area contributed by atoms with Crippen LogP contribution in [0.2, 0.25) is 0 Å². The number of aromatic nitrogens is 2. The Hall–Kier alpha value is -2.62. The second-order valence-corrected chi connectivity index (χ2v) is 9.31. The van der Waals surface area contributed by atoms with Crippen LogP contribution < -0.4 is 5.32 Å². The number of para-hydroxylation sites is 1. The normalized spacial score (nSPS) is 30.6. The summed E-state index contributed by atoms with van der Waals surface area (Å²) in [5.41, 5.74) is 3.74. The lowest BCUT2D eigenvalue weighted by Crippen LogP contribution is -2.59. The molecule has 0 radical (unpaired) electrons. The van der Waals surface area contributed by atoms with Crippen molar-refractivity contribution in [3.8, 4) is 5.69 Å². The van der Waals surface area contributed by atoms with Gasteiger partial charge in [0, 0.05) is 16.8 Å². The molecule has 4 fully saturated rings. The lowest BCUT2D eigenvalue weighted by Gasteiger charge is -2.56. The van der Waals surface area contributed by atoms with Gasteiger partial charge in [0.1, 0.15) is 6.33 Å². The molecule has 4 aliphatic rings. The Kier molecular flexibility index (Phi) is 3.47. The first-order valence-corrected chi connectivity index (χ1v) is 10.5. The fourth-order valence-electron chi connectivity index (χ4n) is 6.53. The Labute approximate surface area is 165 Å². The lowest BCUT2D eigenvalue weighted by molar-refractivity contribution is -0.0167. The van der Waals surface area contributed by atoms with E-state index in [4.69, 9.17) is 0 Å². The summed E-state index contributed by atoms with van der Waals surface area (Å²) in [6, 6.07) is 16.1. The molecule has 4 nitrogen and oxygen atoms in total. The van der Waals surface area contributed by atoms with E-state index in [2.05, 4.69) is 27.0 Å².